The molecule has 0 fully saturated rings. The molecule has 0 spiro atoms. The van der Waals surface area contributed by atoms with Gasteiger partial charge in [-0.3, -0.25) is 4.79 Å². The Kier molecular flexibility index (Phi) is 3.12. The minimum Gasteiger partial charge on any atom is -0.420 e. The highest BCUT2D eigenvalue weighted by molar-refractivity contribution is 7.10. The predicted molar refractivity (Wildman–Crippen MR) is 28.0 cm³/mol. The van der Waals surface area contributed by atoms with Gasteiger partial charge in [-0.1, -0.05) is 0 Å². The van der Waals surface area contributed by atoms with E-state index in [9.17, 15) is 9.59 Å². The highest BCUT2D eigenvalue weighted by Crippen LogP contribution is 1.90. The van der Waals surface area contributed by atoms with Gasteiger partial charge in [-0.25, -0.2) is 4.79 Å². The van der Waals surface area contributed by atoms with E-state index in [1.54, 1.807) is 9.47 Å². The summed E-state index contributed by atoms with van der Waals surface area (Å²) in [4.78, 5) is 19.8. The molecule has 0 aromatic carbocycles. The lowest BCUT2D eigenvalue weighted by atomic mass is 10.8. The highest BCUT2D eigenvalue weighted by atomic mass is 31.0. The van der Waals surface area contributed by atoms with E-state index in [2.05, 4.69) is 9.26 Å². The summed E-state index contributed by atoms with van der Waals surface area (Å²) < 4.78 is 7.77. The zero-order valence-electron chi connectivity index (χ0n) is 4.21. The van der Waals surface area contributed by atoms with Gasteiger partial charge >= 0.3 is 12.1 Å². The van der Waals surface area contributed by atoms with Gasteiger partial charge in [0.2, 0.25) is 0 Å². The molecule has 4 nitrogen and oxygen atoms in total. The molecule has 0 aliphatic heterocycles. The first kappa shape index (κ1) is 7.37. The van der Waals surface area contributed by atoms with Gasteiger partial charge in [0.15, 0.2) is 0 Å². The van der Waals surface area contributed by atoms with Crippen LogP contribution in [0, 0.1) is 0 Å². The van der Waals surface area contributed by atoms with Gasteiger partial charge in [-0.2, -0.15) is 0 Å². The molecule has 0 aromatic rings. The van der Waals surface area contributed by atoms with Crippen molar-refractivity contribution in [3.63, 3.8) is 0 Å². The van der Waals surface area contributed by atoms with Crippen LogP contribution in [0.5, 0.6) is 0 Å². The molecule has 0 saturated heterocycles. The van der Waals surface area contributed by atoms with Gasteiger partial charge in [-0.15, -0.1) is 0 Å². The maximum absolute atomic E-state index is 9.94. The van der Waals surface area contributed by atoms with Gasteiger partial charge in [-0.05, 0) is 0 Å². The number of carbonyl (C=O) groups excluding carboxylic acids is 2. The first-order valence-corrected chi connectivity index (χ1v) is 2.23. The Hall–Kier alpha value is -0.630. The number of carbonyl (C=O) groups is 2. The van der Waals surface area contributed by atoms with E-state index in [0.717, 1.165) is 6.92 Å². The predicted octanol–water partition coefficient (Wildman–Crippen LogP) is 0.476. The molecule has 0 aliphatic carbocycles. The van der Waals surface area contributed by atoms with Gasteiger partial charge < -0.3 is 9.26 Å². The van der Waals surface area contributed by atoms with Crippen LogP contribution < -0.4 is 0 Å². The maximum Gasteiger partial charge on any atom is 0.518 e. The number of hydrogen-bond donors (Lipinski definition) is 0. The average molecular weight is 136 g/mol. The molecule has 1 unspecified atom stereocenters. The Labute approximate surface area is 48.4 Å². The quantitative estimate of drug-likeness (QED) is 0.276. The third kappa shape index (κ3) is 3.56. The number of esters is 1. The molecule has 0 heterocycles. The van der Waals surface area contributed by atoms with E-state index in [1.807, 2.05) is 0 Å². The topological polar surface area (TPSA) is 52.6 Å². The van der Waals surface area contributed by atoms with Crippen LogP contribution >= 0.6 is 9.47 Å². The van der Waals surface area contributed by atoms with Crippen molar-refractivity contribution in [2.24, 2.45) is 0 Å². The Morgan fingerprint density at radius 3 is 2.12 bits per heavy atom. The van der Waals surface area contributed by atoms with Crippen LogP contribution in [0.25, 0.3) is 0 Å². The lowest BCUT2D eigenvalue weighted by Gasteiger charge is -1.92. The summed E-state index contributed by atoms with van der Waals surface area (Å²) in [7, 11) is 1.66. The number of ether oxygens (including phenoxy) is 1. The molecule has 0 radical (unpaired) electrons. The monoisotopic (exact) mass is 136 g/mol. The molecule has 0 bridgehead atoms. The SMILES string of the molecule is CC(=O)OC(=O)OP. The van der Waals surface area contributed by atoms with E-state index in [1.165, 1.54) is 0 Å². The van der Waals surface area contributed by atoms with Crippen LogP contribution in [0.4, 0.5) is 4.79 Å². The minimum atomic E-state index is -1.01. The molecule has 0 amide bonds. The smallest absolute Gasteiger partial charge is 0.420 e. The Morgan fingerprint density at radius 1 is 1.50 bits per heavy atom. The molecular weight excluding hydrogens is 131 g/mol. The lowest BCUT2D eigenvalue weighted by Crippen LogP contribution is -2.05. The molecule has 0 rings (SSSR count). The number of rotatable bonds is 0. The van der Waals surface area contributed by atoms with Gasteiger partial charge in [0, 0.05) is 6.92 Å². The van der Waals surface area contributed by atoms with Crippen LogP contribution in [-0.4, -0.2) is 12.1 Å². The second-order valence-electron chi connectivity index (χ2n) is 0.961. The normalized spacial score (nSPS) is 7.75. The van der Waals surface area contributed by atoms with Crippen molar-refractivity contribution in [3.8, 4) is 0 Å². The molecule has 0 saturated carbocycles. The first-order chi connectivity index (χ1) is 3.66. The molecular formula is C3H5O4P. The molecule has 0 aliphatic rings. The summed E-state index contributed by atoms with van der Waals surface area (Å²) in [5.74, 6) is -0.683. The van der Waals surface area contributed by atoms with Crippen molar-refractivity contribution in [2.75, 3.05) is 0 Å². The van der Waals surface area contributed by atoms with Gasteiger partial charge in [0.1, 0.15) is 0 Å². The van der Waals surface area contributed by atoms with Crippen LogP contribution in [0.1, 0.15) is 6.92 Å². The molecule has 0 aromatic heterocycles. The molecule has 8 heavy (non-hydrogen) atoms. The fourth-order valence-electron chi connectivity index (χ4n) is 0.141. The zero-order valence-corrected chi connectivity index (χ0v) is 5.37. The van der Waals surface area contributed by atoms with Crippen LogP contribution in [0.2, 0.25) is 0 Å². The van der Waals surface area contributed by atoms with E-state index in [4.69, 9.17) is 0 Å². The zero-order chi connectivity index (χ0) is 6.57. The van der Waals surface area contributed by atoms with E-state index < -0.39 is 12.1 Å². The fraction of sp³-hybridized carbons (Fsp3) is 0.333. The Balaban J connectivity index is 3.40. The Bertz CT molecular complexity index is 110. The van der Waals surface area contributed by atoms with Crippen LogP contribution in [0.3, 0.4) is 0 Å². The molecule has 0 N–H and O–H groups in total. The third-order valence-corrected chi connectivity index (χ3v) is 0.516. The second-order valence-corrected chi connectivity index (χ2v) is 1.20. The standard InChI is InChI=1S/C3H5O4P/c1-2(4)6-3(5)7-8/h8H2,1H3. The van der Waals surface area contributed by atoms with Crippen LogP contribution in [-0.2, 0) is 14.1 Å². The fourth-order valence-corrected chi connectivity index (χ4v) is 0.190. The molecule has 46 valence electrons. The third-order valence-electron chi connectivity index (χ3n) is 0.323. The molecule has 5 heteroatoms. The van der Waals surface area contributed by atoms with E-state index in [-0.39, 0.29) is 0 Å². The second kappa shape index (κ2) is 3.38. The summed E-state index contributed by atoms with van der Waals surface area (Å²) >= 11 is 0. The van der Waals surface area contributed by atoms with Crippen molar-refractivity contribution < 1.29 is 18.8 Å². The highest BCUT2D eigenvalue weighted by Gasteiger charge is 2.01. The van der Waals surface area contributed by atoms with Crippen molar-refractivity contribution in [1.29, 1.82) is 0 Å². The van der Waals surface area contributed by atoms with Crippen molar-refractivity contribution in [1.82, 2.24) is 0 Å². The minimum absolute atomic E-state index is 0.683. The van der Waals surface area contributed by atoms with Crippen molar-refractivity contribution in [3.05, 3.63) is 0 Å². The maximum atomic E-state index is 9.94. The van der Waals surface area contributed by atoms with E-state index >= 15 is 0 Å². The lowest BCUT2D eigenvalue weighted by molar-refractivity contribution is -0.135. The molecule has 1 atom stereocenters. The van der Waals surface area contributed by atoms with Crippen molar-refractivity contribution in [2.45, 2.75) is 6.92 Å². The summed E-state index contributed by atoms with van der Waals surface area (Å²) in [5.41, 5.74) is 0. The Morgan fingerprint density at radius 2 is 2.00 bits per heavy atom. The van der Waals surface area contributed by atoms with E-state index in [0.29, 0.717) is 0 Å². The van der Waals surface area contributed by atoms with Gasteiger partial charge in [0.25, 0.3) is 0 Å². The first-order valence-electron chi connectivity index (χ1n) is 1.76. The summed E-state index contributed by atoms with van der Waals surface area (Å²) in [6, 6.07) is 0. The van der Waals surface area contributed by atoms with Gasteiger partial charge in [0.05, 0.1) is 9.47 Å². The summed E-state index contributed by atoms with van der Waals surface area (Å²) in [6.45, 7) is 1.11. The summed E-state index contributed by atoms with van der Waals surface area (Å²) in [6.07, 6.45) is -1.01. The van der Waals surface area contributed by atoms with Crippen LogP contribution in [0.15, 0.2) is 0 Å². The summed E-state index contributed by atoms with van der Waals surface area (Å²) in [5, 5.41) is 0. The average Bonchev–Trinajstić information content (AvgIpc) is 1.65. The van der Waals surface area contributed by atoms with Crippen molar-refractivity contribution >= 4 is 21.6 Å². The largest absolute Gasteiger partial charge is 0.518 e. The number of hydrogen-bond acceptors (Lipinski definition) is 4.